The highest BCUT2D eigenvalue weighted by Crippen LogP contribution is 2.60. The van der Waals surface area contributed by atoms with Crippen LogP contribution in [0.25, 0.3) is 0 Å². The van der Waals surface area contributed by atoms with Gasteiger partial charge in [0, 0.05) is 17.7 Å². The van der Waals surface area contributed by atoms with Crippen molar-refractivity contribution in [1.29, 1.82) is 0 Å². The highest BCUT2D eigenvalue weighted by atomic mass is 19.4. The zero-order valence-electron chi connectivity index (χ0n) is 13.3. The van der Waals surface area contributed by atoms with Gasteiger partial charge in [-0.1, -0.05) is 0 Å². The maximum absolute atomic E-state index is 12.8. The van der Waals surface area contributed by atoms with Crippen molar-refractivity contribution in [2.75, 3.05) is 6.61 Å². The Morgan fingerprint density at radius 2 is 1.71 bits per heavy atom. The zero-order chi connectivity index (χ0) is 16.9. The van der Waals surface area contributed by atoms with E-state index in [2.05, 4.69) is 4.98 Å². The first-order valence-corrected chi connectivity index (χ1v) is 8.53. The number of carbonyl (C=O) groups excluding carboxylic acids is 1. The largest absolute Gasteiger partial charge is 0.470 e. The lowest BCUT2D eigenvalue weighted by Crippen LogP contribution is -2.51. The summed E-state index contributed by atoms with van der Waals surface area (Å²) in [6.07, 6.45) is 2.98. The van der Waals surface area contributed by atoms with E-state index in [-0.39, 0.29) is 23.7 Å². The van der Waals surface area contributed by atoms with E-state index in [1.54, 1.807) is 0 Å². The Balaban J connectivity index is 1.40. The number of nitrogens with zero attached hydrogens (tertiary/aromatic N) is 1. The van der Waals surface area contributed by atoms with Gasteiger partial charge >= 0.3 is 6.18 Å². The molecule has 4 aliphatic carbocycles. The molecule has 0 unspecified atom stereocenters. The fraction of sp³-hybridized carbons (Fsp3) is 0.667. The Bertz CT molecular complexity index is 603. The standard InChI is InChI=1S/C18H20F3NO2/c19-18(20,21)14-1-2-16(22-9-14)24-10-15(23)17-6-11-3-12(7-17)5-13(4-11)8-17/h1-2,9,11-13H,3-8,10H2. The monoisotopic (exact) mass is 339 g/mol. The van der Waals surface area contributed by atoms with Crippen LogP contribution in [0.3, 0.4) is 0 Å². The number of ketones is 1. The minimum absolute atomic E-state index is 0.0704. The number of rotatable bonds is 4. The van der Waals surface area contributed by atoms with Crippen molar-refractivity contribution in [2.45, 2.75) is 44.7 Å². The van der Waals surface area contributed by atoms with E-state index in [9.17, 15) is 18.0 Å². The average molecular weight is 339 g/mol. The van der Waals surface area contributed by atoms with E-state index < -0.39 is 11.7 Å². The molecule has 24 heavy (non-hydrogen) atoms. The molecule has 0 N–H and O–H groups in total. The lowest BCUT2D eigenvalue weighted by Gasteiger charge is -2.55. The van der Waals surface area contributed by atoms with Crippen LogP contribution in [-0.4, -0.2) is 17.4 Å². The van der Waals surface area contributed by atoms with Crippen molar-refractivity contribution in [2.24, 2.45) is 23.2 Å². The third-order valence-corrected chi connectivity index (χ3v) is 6.04. The van der Waals surface area contributed by atoms with Gasteiger partial charge in [-0.25, -0.2) is 4.98 Å². The molecular formula is C18H20F3NO2. The fourth-order valence-electron chi connectivity index (χ4n) is 5.38. The second-order valence-electron chi connectivity index (χ2n) is 7.79. The van der Waals surface area contributed by atoms with Crippen molar-refractivity contribution in [1.82, 2.24) is 4.98 Å². The smallest absolute Gasteiger partial charge is 0.417 e. The number of hydrogen-bond donors (Lipinski definition) is 0. The Labute approximate surface area is 138 Å². The van der Waals surface area contributed by atoms with E-state index in [0.29, 0.717) is 17.8 Å². The molecule has 0 aliphatic heterocycles. The first-order chi connectivity index (χ1) is 11.3. The van der Waals surface area contributed by atoms with E-state index in [1.165, 1.54) is 25.3 Å². The number of hydrogen-bond acceptors (Lipinski definition) is 3. The van der Waals surface area contributed by atoms with E-state index >= 15 is 0 Å². The lowest BCUT2D eigenvalue weighted by atomic mass is 9.48. The van der Waals surface area contributed by atoms with Gasteiger partial charge in [0.15, 0.2) is 5.78 Å². The number of halogens is 3. The lowest BCUT2D eigenvalue weighted by molar-refractivity contribution is -0.146. The van der Waals surface area contributed by atoms with Crippen LogP contribution >= 0.6 is 0 Å². The van der Waals surface area contributed by atoms with Crippen molar-refractivity contribution >= 4 is 5.78 Å². The summed E-state index contributed by atoms with van der Waals surface area (Å²) in [6.45, 7) is -0.0927. The molecule has 0 saturated heterocycles. The minimum atomic E-state index is -4.42. The molecule has 0 radical (unpaired) electrons. The molecule has 0 spiro atoms. The SMILES string of the molecule is O=C(COc1ccc(C(F)(F)F)cn1)C12CC3CC(CC(C3)C1)C2. The van der Waals surface area contributed by atoms with E-state index in [4.69, 9.17) is 4.74 Å². The summed E-state index contributed by atoms with van der Waals surface area (Å²) in [5.41, 5.74) is -1.07. The van der Waals surface area contributed by atoms with Crippen LogP contribution in [0.15, 0.2) is 18.3 Å². The maximum Gasteiger partial charge on any atom is 0.417 e. The average Bonchev–Trinajstić information content (AvgIpc) is 2.51. The molecule has 1 aromatic rings. The second kappa shape index (κ2) is 5.46. The third kappa shape index (κ3) is 2.80. The number of Topliss-reactive ketones (excluding diaryl/α,β-unsaturated/α-hetero) is 1. The van der Waals surface area contributed by atoms with Gasteiger partial charge in [0.2, 0.25) is 5.88 Å². The molecule has 0 aromatic carbocycles. The molecule has 6 heteroatoms. The summed E-state index contributed by atoms with van der Waals surface area (Å²) in [5, 5.41) is 0. The minimum Gasteiger partial charge on any atom is -0.470 e. The van der Waals surface area contributed by atoms with Crippen LogP contribution < -0.4 is 4.74 Å². The molecular weight excluding hydrogens is 319 g/mol. The molecule has 130 valence electrons. The van der Waals surface area contributed by atoms with Gasteiger partial charge in [0.05, 0.1) is 5.56 Å². The van der Waals surface area contributed by atoms with Crippen LogP contribution in [0.2, 0.25) is 0 Å². The molecule has 4 aliphatic rings. The summed E-state index contributed by atoms with van der Waals surface area (Å²) < 4.78 is 43.0. The Morgan fingerprint density at radius 1 is 1.12 bits per heavy atom. The van der Waals surface area contributed by atoms with Crippen molar-refractivity contribution in [3.05, 3.63) is 23.9 Å². The van der Waals surface area contributed by atoms with E-state index in [0.717, 1.165) is 31.5 Å². The Hall–Kier alpha value is -1.59. The molecule has 1 heterocycles. The van der Waals surface area contributed by atoms with Crippen LogP contribution in [0.5, 0.6) is 5.88 Å². The number of alkyl halides is 3. The highest BCUT2D eigenvalue weighted by molar-refractivity contribution is 5.86. The van der Waals surface area contributed by atoms with Gasteiger partial charge in [0.25, 0.3) is 0 Å². The van der Waals surface area contributed by atoms with Crippen LogP contribution in [0, 0.1) is 23.2 Å². The summed E-state index contributed by atoms with van der Waals surface area (Å²) in [4.78, 5) is 16.4. The molecule has 0 atom stereocenters. The molecule has 4 saturated carbocycles. The predicted octanol–water partition coefficient (Wildman–Crippen LogP) is 4.26. The zero-order valence-corrected chi connectivity index (χ0v) is 13.3. The summed E-state index contributed by atoms with van der Waals surface area (Å²) >= 11 is 0. The van der Waals surface area contributed by atoms with Gasteiger partial charge in [-0.2, -0.15) is 13.2 Å². The summed E-state index contributed by atoms with van der Waals surface area (Å²) in [7, 11) is 0. The number of ether oxygens (including phenoxy) is 1. The van der Waals surface area contributed by atoms with Gasteiger partial charge in [-0.15, -0.1) is 0 Å². The molecule has 3 nitrogen and oxygen atoms in total. The molecule has 5 rings (SSSR count). The maximum atomic E-state index is 12.8. The third-order valence-electron chi connectivity index (χ3n) is 6.04. The molecule has 4 bridgehead atoms. The Morgan fingerprint density at radius 3 is 2.17 bits per heavy atom. The topological polar surface area (TPSA) is 39.2 Å². The summed E-state index contributed by atoms with van der Waals surface area (Å²) in [6, 6.07) is 2.10. The number of aromatic nitrogens is 1. The molecule has 0 amide bonds. The first kappa shape index (κ1) is 15.9. The van der Waals surface area contributed by atoms with Crippen molar-refractivity contribution in [3.8, 4) is 5.88 Å². The second-order valence-corrected chi connectivity index (χ2v) is 7.79. The fourth-order valence-corrected chi connectivity index (χ4v) is 5.38. The van der Waals surface area contributed by atoms with Gasteiger partial charge < -0.3 is 4.74 Å². The van der Waals surface area contributed by atoms with Gasteiger partial charge in [0.1, 0.15) is 6.61 Å². The quantitative estimate of drug-likeness (QED) is 0.822. The first-order valence-electron chi connectivity index (χ1n) is 8.53. The highest BCUT2D eigenvalue weighted by Gasteiger charge is 2.54. The molecule has 4 fully saturated rings. The van der Waals surface area contributed by atoms with E-state index in [1.807, 2.05) is 0 Å². The van der Waals surface area contributed by atoms with Crippen LogP contribution in [0.4, 0.5) is 13.2 Å². The van der Waals surface area contributed by atoms with Gasteiger partial charge in [-0.3, -0.25) is 4.79 Å². The van der Waals surface area contributed by atoms with Crippen molar-refractivity contribution in [3.63, 3.8) is 0 Å². The normalized spacial score (nSPS) is 34.4. The van der Waals surface area contributed by atoms with Gasteiger partial charge in [-0.05, 0) is 62.3 Å². The van der Waals surface area contributed by atoms with Crippen LogP contribution in [0.1, 0.15) is 44.1 Å². The number of carbonyl (C=O) groups is 1. The summed E-state index contributed by atoms with van der Waals surface area (Å²) in [5.74, 6) is 2.18. The van der Waals surface area contributed by atoms with Crippen molar-refractivity contribution < 1.29 is 22.7 Å². The number of pyridine rings is 1. The molecule has 1 aromatic heterocycles. The Kier molecular flexibility index (Phi) is 3.62. The van der Waals surface area contributed by atoms with Crippen LogP contribution in [-0.2, 0) is 11.0 Å². The predicted molar refractivity (Wildman–Crippen MR) is 80.3 cm³/mol.